The molecule has 0 amide bonds. The van der Waals surface area contributed by atoms with Gasteiger partial charge in [0.15, 0.2) is 0 Å². The molecule has 100 valence electrons. The molecule has 0 aliphatic heterocycles. The van der Waals surface area contributed by atoms with Crippen molar-refractivity contribution in [3.8, 4) is 5.75 Å². The van der Waals surface area contributed by atoms with E-state index in [4.69, 9.17) is 16.2 Å². The molecule has 3 heteroatoms. The summed E-state index contributed by atoms with van der Waals surface area (Å²) >= 11 is 0. The molecule has 1 unspecified atom stereocenters. The van der Waals surface area contributed by atoms with Crippen LogP contribution in [0.5, 0.6) is 5.75 Å². The van der Waals surface area contributed by atoms with Gasteiger partial charge in [0.05, 0.1) is 0 Å². The third-order valence-corrected chi connectivity index (χ3v) is 3.14. The molecule has 4 N–H and O–H groups in total. The van der Waals surface area contributed by atoms with Gasteiger partial charge in [0.1, 0.15) is 12.4 Å². The number of benzene rings is 2. The number of rotatable bonds is 5. The van der Waals surface area contributed by atoms with Gasteiger partial charge in [-0.05, 0) is 35.7 Å². The summed E-state index contributed by atoms with van der Waals surface area (Å²) in [5.41, 5.74) is 14.9. The van der Waals surface area contributed by atoms with E-state index in [9.17, 15) is 0 Å². The van der Waals surface area contributed by atoms with Crippen molar-refractivity contribution in [1.82, 2.24) is 0 Å². The number of nitrogens with two attached hydrogens (primary N) is 2. The van der Waals surface area contributed by atoms with E-state index in [-0.39, 0.29) is 6.04 Å². The molecule has 0 aliphatic rings. The van der Waals surface area contributed by atoms with Crippen LogP contribution in [-0.2, 0) is 6.61 Å². The number of aryl methyl sites for hydroxylation is 1. The minimum atomic E-state index is -0.108. The van der Waals surface area contributed by atoms with Gasteiger partial charge in [0, 0.05) is 12.6 Å². The van der Waals surface area contributed by atoms with Crippen LogP contribution in [0.4, 0.5) is 0 Å². The van der Waals surface area contributed by atoms with Crippen molar-refractivity contribution in [1.29, 1.82) is 0 Å². The Hall–Kier alpha value is -1.84. The standard InChI is InChI=1S/C16H20N2O/c1-12-9-14(7-8-15(12)16(18)10-17)19-11-13-5-3-2-4-6-13/h2-9,16H,10-11,17-18H2,1H3. The SMILES string of the molecule is Cc1cc(OCc2ccccc2)ccc1C(N)CN. The van der Waals surface area contributed by atoms with E-state index in [1.54, 1.807) is 0 Å². The Morgan fingerprint density at radius 1 is 1.11 bits per heavy atom. The van der Waals surface area contributed by atoms with Crippen LogP contribution in [-0.4, -0.2) is 6.54 Å². The van der Waals surface area contributed by atoms with Crippen LogP contribution < -0.4 is 16.2 Å². The molecule has 0 fully saturated rings. The van der Waals surface area contributed by atoms with Crippen LogP contribution in [0.25, 0.3) is 0 Å². The molecule has 0 radical (unpaired) electrons. The largest absolute Gasteiger partial charge is 0.489 e. The third kappa shape index (κ3) is 3.56. The van der Waals surface area contributed by atoms with E-state index in [1.807, 2.05) is 55.5 Å². The Morgan fingerprint density at radius 2 is 1.84 bits per heavy atom. The molecule has 2 aromatic rings. The maximum atomic E-state index is 5.94. The predicted molar refractivity (Wildman–Crippen MR) is 77.9 cm³/mol. The van der Waals surface area contributed by atoms with Gasteiger partial charge in [0.25, 0.3) is 0 Å². The average molecular weight is 256 g/mol. The van der Waals surface area contributed by atoms with Crippen molar-refractivity contribution >= 4 is 0 Å². The zero-order chi connectivity index (χ0) is 13.7. The monoisotopic (exact) mass is 256 g/mol. The quantitative estimate of drug-likeness (QED) is 0.864. The smallest absolute Gasteiger partial charge is 0.120 e. The maximum Gasteiger partial charge on any atom is 0.120 e. The van der Waals surface area contributed by atoms with Gasteiger partial charge in [-0.25, -0.2) is 0 Å². The first kappa shape index (κ1) is 13.6. The van der Waals surface area contributed by atoms with Gasteiger partial charge in [-0.3, -0.25) is 0 Å². The van der Waals surface area contributed by atoms with Crippen LogP contribution in [0.2, 0.25) is 0 Å². The van der Waals surface area contributed by atoms with Crippen molar-refractivity contribution in [2.24, 2.45) is 11.5 Å². The lowest BCUT2D eigenvalue weighted by molar-refractivity contribution is 0.306. The van der Waals surface area contributed by atoms with E-state index in [1.165, 1.54) is 0 Å². The minimum Gasteiger partial charge on any atom is -0.489 e. The Bertz CT molecular complexity index is 526. The number of hydrogen-bond donors (Lipinski definition) is 2. The lowest BCUT2D eigenvalue weighted by Crippen LogP contribution is -2.21. The molecule has 0 aliphatic carbocycles. The molecule has 2 rings (SSSR count). The normalized spacial score (nSPS) is 12.2. The van der Waals surface area contributed by atoms with Crippen LogP contribution in [0.15, 0.2) is 48.5 Å². The van der Waals surface area contributed by atoms with Crippen LogP contribution in [0, 0.1) is 6.92 Å². The molecule has 0 bridgehead atoms. The van der Waals surface area contributed by atoms with Crippen molar-refractivity contribution in [2.75, 3.05) is 6.54 Å². The fourth-order valence-electron chi connectivity index (χ4n) is 2.02. The second-order valence-corrected chi connectivity index (χ2v) is 4.63. The molecule has 0 spiro atoms. The van der Waals surface area contributed by atoms with Crippen LogP contribution in [0.1, 0.15) is 22.7 Å². The molecule has 0 saturated heterocycles. The lowest BCUT2D eigenvalue weighted by Gasteiger charge is -2.14. The summed E-state index contributed by atoms with van der Waals surface area (Å²) in [6, 6.07) is 15.9. The fraction of sp³-hybridized carbons (Fsp3) is 0.250. The molecule has 1 atom stereocenters. The summed E-state index contributed by atoms with van der Waals surface area (Å²) in [4.78, 5) is 0. The summed E-state index contributed by atoms with van der Waals surface area (Å²) in [5, 5.41) is 0. The summed E-state index contributed by atoms with van der Waals surface area (Å²) in [5.74, 6) is 0.856. The molecule has 0 saturated carbocycles. The Labute approximate surface area is 114 Å². The van der Waals surface area contributed by atoms with Crippen molar-refractivity contribution in [2.45, 2.75) is 19.6 Å². The third-order valence-electron chi connectivity index (χ3n) is 3.14. The summed E-state index contributed by atoms with van der Waals surface area (Å²) < 4.78 is 5.77. The van der Waals surface area contributed by atoms with Crippen molar-refractivity contribution in [3.05, 3.63) is 65.2 Å². The highest BCUT2D eigenvalue weighted by atomic mass is 16.5. The summed E-state index contributed by atoms with van der Waals surface area (Å²) in [6.45, 7) is 3.05. The molecule has 19 heavy (non-hydrogen) atoms. The number of hydrogen-bond acceptors (Lipinski definition) is 3. The molecule has 0 heterocycles. The molecule has 2 aromatic carbocycles. The predicted octanol–water partition coefficient (Wildman–Crippen LogP) is 2.53. The summed E-state index contributed by atoms with van der Waals surface area (Å²) in [7, 11) is 0. The first-order valence-electron chi connectivity index (χ1n) is 6.43. The van der Waals surface area contributed by atoms with E-state index in [0.29, 0.717) is 13.2 Å². The van der Waals surface area contributed by atoms with Gasteiger partial charge in [-0.1, -0.05) is 36.4 Å². The van der Waals surface area contributed by atoms with Crippen LogP contribution in [0.3, 0.4) is 0 Å². The first-order chi connectivity index (χ1) is 9.20. The molecule has 3 nitrogen and oxygen atoms in total. The minimum absolute atomic E-state index is 0.108. The topological polar surface area (TPSA) is 61.3 Å². The van der Waals surface area contributed by atoms with E-state index < -0.39 is 0 Å². The van der Waals surface area contributed by atoms with Gasteiger partial charge in [0.2, 0.25) is 0 Å². The average Bonchev–Trinajstić information content (AvgIpc) is 2.45. The van der Waals surface area contributed by atoms with E-state index in [2.05, 4.69) is 0 Å². The summed E-state index contributed by atoms with van der Waals surface area (Å²) in [6.07, 6.45) is 0. The maximum absolute atomic E-state index is 5.94. The van der Waals surface area contributed by atoms with Crippen molar-refractivity contribution in [3.63, 3.8) is 0 Å². The fourth-order valence-corrected chi connectivity index (χ4v) is 2.02. The van der Waals surface area contributed by atoms with Crippen molar-refractivity contribution < 1.29 is 4.74 Å². The zero-order valence-corrected chi connectivity index (χ0v) is 11.2. The van der Waals surface area contributed by atoms with Gasteiger partial charge >= 0.3 is 0 Å². The zero-order valence-electron chi connectivity index (χ0n) is 11.2. The van der Waals surface area contributed by atoms with E-state index >= 15 is 0 Å². The van der Waals surface area contributed by atoms with Gasteiger partial charge < -0.3 is 16.2 Å². The van der Waals surface area contributed by atoms with E-state index in [0.717, 1.165) is 22.4 Å². The Morgan fingerprint density at radius 3 is 2.47 bits per heavy atom. The van der Waals surface area contributed by atoms with Crippen LogP contribution >= 0.6 is 0 Å². The molecule has 0 aromatic heterocycles. The molecular weight excluding hydrogens is 236 g/mol. The first-order valence-corrected chi connectivity index (χ1v) is 6.43. The highest BCUT2D eigenvalue weighted by Gasteiger charge is 2.07. The second kappa shape index (κ2) is 6.36. The van der Waals surface area contributed by atoms with Gasteiger partial charge in [-0.2, -0.15) is 0 Å². The Kier molecular flexibility index (Phi) is 4.55. The highest BCUT2D eigenvalue weighted by molar-refractivity contribution is 5.36. The lowest BCUT2D eigenvalue weighted by atomic mass is 10.0. The second-order valence-electron chi connectivity index (χ2n) is 4.63. The highest BCUT2D eigenvalue weighted by Crippen LogP contribution is 2.21. The molecular formula is C16H20N2O. The number of ether oxygens (including phenoxy) is 1. The Balaban J connectivity index is 2.04. The van der Waals surface area contributed by atoms with Gasteiger partial charge in [-0.15, -0.1) is 0 Å².